The van der Waals surface area contributed by atoms with Crippen molar-refractivity contribution in [1.29, 1.82) is 0 Å². The molecule has 1 fully saturated rings. The van der Waals surface area contributed by atoms with E-state index in [1.165, 1.54) is 0 Å². The SMILES string of the molecule is CNC(=O)[C@H]1CC(=O)N(c2ccc(OCC(=O)Nc3ccc(C)cc3)cc2)C1. The molecular formula is C21H23N3O4. The van der Waals surface area contributed by atoms with E-state index in [-0.39, 0.29) is 36.7 Å². The molecule has 0 saturated carbocycles. The summed E-state index contributed by atoms with van der Waals surface area (Å²) in [6.07, 6.45) is 0.205. The number of hydrogen-bond donors (Lipinski definition) is 2. The zero-order chi connectivity index (χ0) is 20.1. The van der Waals surface area contributed by atoms with Crippen LogP contribution in [0.2, 0.25) is 0 Å². The molecule has 2 N–H and O–H groups in total. The summed E-state index contributed by atoms with van der Waals surface area (Å²) in [4.78, 5) is 37.5. The number of nitrogens with one attached hydrogen (secondary N) is 2. The minimum absolute atomic E-state index is 0.0836. The third-order valence-electron chi connectivity index (χ3n) is 4.60. The number of benzene rings is 2. The summed E-state index contributed by atoms with van der Waals surface area (Å²) in [6, 6.07) is 14.4. The number of hydrogen-bond acceptors (Lipinski definition) is 4. The van der Waals surface area contributed by atoms with E-state index in [2.05, 4.69) is 10.6 Å². The lowest BCUT2D eigenvalue weighted by atomic mass is 10.1. The summed E-state index contributed by atoms with van der Waals surface area (Å²) in [5.74, 6) is -0.276. The molecule has 146 valence electrons. The quantitative estimate of drug-likeness (QED) is 0.802. The van der Waals surface area contributed by atoms with Gasteiger partial charge in [-0.05, 0) is 43.3 Å². The van der Waals surface area contributed by atoms with E-state index in [4.69, 9.17) is 4.74 Å². The highest BCUT2D eigenvalue weighted by atomic mass is 16.5. The van der Waals surface area contributed by atoms with Crippen LogP contribution in [0.15, 0.2) is 48.5 Å². The average molecular weight is 381 g/mol. The Bertz CT molecular complexity index is 862. The summed E-state index contributed by atoms with van der Waals surface area (Å²) in [5, 5.41) is 5.35. The first-order valence-electron chi connectivity index (χ1n) is 9.07. The van der Waals surface area contributed by atoms with E-state index in [1.807, 2.05) is 31.2 Å². The van der Waals surface area contributed by atoms with Crippen LogP contribution in [0.3, 0.4) is 0 Å². The predicted molar refractivity (Wildman–Crippen MR) is 106 cm³/mol. The second-order valence-electron chi connectivity index (χ2n) is 6.72. The van der Waals surface area contributed by atoms with Crippen LogP contribution in [-0.2, 0) is 14.4 Å². The number of nitrogens with zero attached hydrogens (tertiary/aromatic N) is 1. The van der Waals surface area contributed by atoms with Gasteiger partial charge >= 0.3 is 0 Å². The molecule has 2 aromatic rings. The number of carbonyl (C=O) groups excluding carboxylic acids is 3. The molecule has 1 aliphatic rings. The summed E-state index contributed by atoms with van der Waals surface area (Å²) in [5.41, 5.74) is 2.54. The molecule has 0 radical (unpaired) electrons. The van der Waals surface area contributed by atoms with E-state index in [0.717, 1.165) is 5.56 Å². The van der Waals surface area contributed by atoms with Crippen molar-refractivity contribution in [3.8, 4) is 5.75 Å². The highest BCUT2D eigenvalue weighted by molar-refractivity contribution is 6.00. The molecule has 1 aliphatic heterocycles. The minimum Gasteiger partial charge on any atom is -0.484 e. The number of aryl methyl sites for hydroxylation is 1. The standard InChI is InChI=1S/C21H23N3O4/c1-14-3-5-16(6-4-14)23-19(25)13-28-18-9-7-17(8-10-18)24-12-15(11-20(24)26)21(27)22-2/h3-10,15H,11-13H2,1-2H3,(H,22,27)(H,23,25)/t15-/m0/s1. The first-order valence-corrected chi connectivity index (χ1v) is 9.07. The van der Waals surface area contributed by atoms with Gasteiger partial charge < -0.3 is 20.3 Å². The third kappa shape index (κ3) is 4.68. The Kier molecular flexibility index (Phi) is 5.93. The van der Waals surface area contributed by atoms with E-state index < -0.39 is 0 Å². The smallest absolute Gasteiger partial charge is 0.262 e. The largest absolute Gasteiger partial charge is 0.484 e. The molecule has 3 amide bonds. The van der Waals surface area contributed by atoms with Crippen LogP contribution in [0, 0.1) is 12.8 Å². The Hall–Kier alpha value is -3.35. The van der Waals surface area contributed by atoms with Crippen molar-refractivity contribution in [2.24, 2.45) is 5.92 Å². The van der Waals surface area contributed by atoms with Gasteiger partial charge in [0.2, 0.25) is 11.8 Å². The predicted octanol–water partition coefficient (Wildman–Crippen LogP) is 2.11. The second kappa shape index (κ2) is 8.56. The average Bonchev–Trinajstić information content (AvgIpc) is 3.09. The molecule has 0 aliphatic carbocycles. The monoisotopic (exact) mass is 381 g/mol. The molecule has 1 atom stereocenters. The Balaban J connectivity index is 1.53. The molecule has 7 nitrogen and oxygen atoms in total. The molecule has 28 heavy (non-hydrogen) atoms. The van der Waals surface area contributed by atoms with Gasteiger partial charge in [0.05, 0.1) is 5.92 Å². The zero-order valence-electron chi connectivity index (χ0n) is 15.9. The minimum atomic E-state index is -0.334. The molecule has 0 aromatic heterocycles. The van der Waals surface area contributed by atoms with Crippen LogP contribution >= 0.6 is 0 Å². The van der Waals surface area contributed by atoms with Gasteiger partial charge in [0.1, 0.15) is 5.75 Å². The number of anilines is 2. The number of amides is 3. The molecular weight excluding hydrogens is 358 g/mol. The van der Waals surface area contributed by atoms with E-state index in [1.54, 1.807) is 36.2 Å². The van der Waals surface area contributed by atoms with Crippen LogP contribution in [0.4, 0.5) is 11.4 Å². The Morgan fingerprint density at radius 3 is 2.43 bits per heavy atom. The van der Waals surface area contributed by atoms with Crippen LogP contribution in [-0.4, -0.2) is 37.9 Å². The van der Waals surface area contributed by atoms with Gasteiger partial charge in [-0.1, -0.05) is 17.7 Å². The van der Waals surface area contributed by atoms with Crippen molar-refractivity contribution in [2.75, 3.05) is 30.4 Å². The Morgan fingerprint density at radius 1 is 1.11 bits per heavy atom. The molecule has 3 rings (SSSR count). The zero-order valence-corrected chi connectivity index (χ0v) is 15.9. The Labute approximate surface area is 163 Å². The van der Waals surface area contributed by atoms with Crippen LogP contribution in [0.1, 0.15) is 12.0 Å². The summed E-state index contributed by atoms with van der Waals surface area (Å²) in [6.45, 7) is 2.22. The fourth-order valence-electron chi connectivity index (χ4n) is 3.04. The first kappa shape index (κ1) is 19.4. The molecule has 1 saturated heterocycles. The number of carbonyl (C=O) groups is 3. The van der Waals surface area contributed by atoms with Gasteiger partial charge in [0.15, 0.2) is 6.61 Å². The van der Waals surface area contributed by atoms with Gasteiger partial charge in [0, 0.05) is 31.4 Å². The van der Waals surface area contributed by atoms with Gasteiger partial charge in [0.25, 0.3) is 5.91 Å². The maximum Gasteiger partial charge on any atom is 0.262 e. The highest BCUT2D eigenvalue weighted by Crippen LogP contribution is 2.27. The maximum absolute atomic E-state index is 12.2. The fraction of sp³-hybridized carbons (Fsp3) is 0.286. The van der Waals surface area contributed by atoms with Crippen molar-refractivity contribution < 1.29 is 19.1 Å². The lowest BCUT2D eigenvalue weighted by Crippen LogP contribution is -2.30. The van der Waals surface area contributed by atoms with E-state index in [9.17, 15) is 14.4 Å². The molecule has 0 spiro atoms. The van der Waals surface area contributed by atoms with Crippen molar-refractivity contribution in [1.82, 2.24) is 5.32 Å². The van der Waals surface area contributed by atoms with Crippen molar-refractivity contribution in [2.45, 2.75) is 13.3 Å². The molecule has 0 bridgehead atoms. The molecule has 1 heterocycles. The van der Waals surface area contributed by atoms with E-state index >= 15 is 0 Å². The lowest BCUT2D eigenvalue weighted by molar-refractivity contribution is -0.125. The second-order valence-corrected chi connectivity index (χ2v) is 6.72. The normalized spacial score (nSPS) is 16.0. The van der Waals surface area contributed by atoms with Crippen molar-refractivity contribution >= 4 is 29.1 Å². The number of ether oxygens (including phenoxy) is 1. The van der Waals surface area contributed by atoms with Gasteiger partial charge in [-0.3, -0.25) is 14.4 Å². The first-order chi connectivity index (χ1) is 13.5. The van der Waals surface area contributed by atoms with Crippen LogP contribution < -0.4 is 20.3 Å². The van der Waals surface area contributed by atoms with Gasteiger partial charge in [-0.2, -0.15) is 0 Å². The summed E-state index contributed by atoms with van der Waals surface area (Å²) in [7, 11) is 1.57. The molecule has 2 aromatic carbocycles. The highest BCUT2D eigenvalue weighted by Gasteiger charge is 2.34. The van der Waals surface area contributed by atoms with Gasteiger partial charge in [-0.25, -0.2) is 0 Å². The van der Waals surface area contributed by atoms with Crippen LogP contribution in [0.25, 0.3) is 0 Å². The third-order valence-corrected chi connectivity index (χ3v) is 4.60. The van der Waals surface area contributed by atoms with Gasteiger partial charge in [-0.15, -0.1) is 0 Å². The summed E-state index contributed by atoms with van der Waals surface area (Å²) < 4.78 is 5.51. The Morgan fingerprint density at radius 2 is 1.79 bits per heavy atom. The molecule has 0 unspecified atom stereocenters. The maximum atomic E-state index is 12.2. The topological polar surface area (TPSA) is 87.7 Å². The van der Waals surface area contributed by atoms with Crippen LogP contribution in [0.5, 0.6) is 5.75 Å². The van der Waals surface area contributed by atoms with Crippen molar-refractivity contribution in [3.05, 3.63) is 54.1 Å². The molecule has 7 heteroatoms. The lowest BCUT2D eigenvalue weighted by Gasteiger charge is -2.17. The van der Waals surface area contributed by atoms with E-state index in [0.29, 0.717) is 23.7 Å². The number of rotatable bonds is 6. The van der Waals surface area contributed by atoms with Crippen molar-refractivity contribution in [3.63, 3.8) is 0 Å². The fourth-order valence-corrected chi connectivity index (χ4v) is 3.04. The summed E-state index contributed by atoms with van der Waals surface area (Å²) >= 11 is 0.